The van der Waals surface area contributed by atoms with Gasteiger partial charge in [0.15, 0.2) is 0 Å². The molecular formula is C15H28. The third kappa shape index (κ3) is 6.02. The van der Waals surface area contributed by atoms with Gasteiger partial charge in [-0.05, 0) is 38.0 Å². The van der Waals surface area contributed by atoms with Crippen LogP contribution in [0, 0.1) is 5.92 Å². The fourth-order valence-electron chi connectivity index (χ4n) is 2.55. The smallest absolute Gasteiger partial charge is 0.0259 e. The molecular weight excluding hydrogens is 180 g/mol. The summed E-state index contributed by atoms with van der Waals surface area (Å²) in [6.07, 6.45) is 16.7. The number of allylic oxidation sites excluding steroid dienone is 2. The maximum absolute atomic E-state index is 2.57. The second kappa shape index (κ2) is 7.96. The molecule has 88 valence electrons. The molecule has 0 aromatic carbocycles. The maximum atomic E-state index is 2.57. The predicted octanol–water partition coefficient (Wildman–Crippen LogP) is 5.48. The Kier molecular flexibility index (Phi) is 6.80. The summed E-state index contributed by atoms with van der Waals surface area (Å²) in [5, 5.41) is 0. The van der Waals surface area contributed by atoms with Gasteiger partial charge in [-0.1, -0.05) is 57.6 Å². The van der Waals surface area contributed by atoms with E-state index >= 15 is 0 Å². The van der Waals surface area contributed by atoms with Gasteiger partial charge in [-0.25, -0.2) is 0 Å². The van der Waals surface area contributed by atoms with E-state index in [1.165, 1.54) is 64.2 Å². The molecule has 1 atom stereocenters. The first kappa shape index (κ1) is 12.8. The monoisotopic (exact) mass is 208 g/mol. The standard InChI is InChI=1S/C15H28/c1-3-4-5-7-10-14(2)13-15-11-8-6-9-12-15/h13-14H,3-12H2,1-2H3. The highest BCUT2D eigenvalue weighted by molar-refractivity contribution is 5.05. The number of hydrogen-bond acceptors (Lipinski definition) is 0. The Hall–Kier alpha value is -0.260. The van der Waals surface area contributed by atoms with Crippen LogP contribution < -0.4 is 0 Å². The van der Waals surface area contributed by atoms with Gasteiger partial charge in [0.05, 0.1) is 0 Å². The Morgan fingerprint density at radius 3 is 2.47 bits per heavy atom. The van der Waals surface area contributed by atoms with Crippen LogP contribution >= 0.6 is 0 Å². The lowest BCUT2D eigenvalue weighted by Gasteiger charge is -2.16. The Morgan fingerprint density at radius 2 is 1.80 bits per heavy atom. The van der Waals surface area contributed by atoms with E-state index in [1.807, 2.05) is 0 Å². The van der Waals surface area contributed by atoms with Gasteiger partial charge in [0.1, 0.15) is 0 Å². The van der Waals surface area contributed by atoms with Crippen molar-refractivity contribution in [1.29, 1.82) is 0 Å². The zero-order valence-corrected chi connectivity index (χ0v) is 10.7. The third-order valence-electron chi connectivity index (χ3n) is 3.53. The van der Waals surface area contributed by atoms with Crippen LogP contribution in [-0.2, 0) is 0 Å². The molecule has 0 heteroatoms. The summed E-state index contributed by atoms with van der Waals surface area (Å²) in [5.74, 6) is 0.829. The van der Waals surface area contributed by atoms with Crippen LogP contribution in [0.2, 0.25) is 0 Å². The SMILES string of the molecule is CCCCCCC(C)C=C1CCCCC1. The summed E-state index contributed by atoms with van der Waals surface area (Å²) in [5.41, 5.74) is 1.75. The molecule has 0 N–H and O–H groups in total. The highest BCUT2D eigenvalue weighted by Crippen LogP contribution is 2.25. The van der Waals surface area contributed by atoms with E-state index in [9.17, 15) is 0 Å². The van der Waals surface area contributed by atoms with Crippen LogP contribution in [0.25, 0.3) is 0 Å². The first-order valence-electron chi connectivity index (χ1n) is 7.02. The van der Waals surface area contributed by atoms with Crippen molar-refractivity contribution in [2.75, 3.05) is 0 Å². The molecule has 1 rings (SSSR count). The van der Waals surface area contributed by atoms with Crippen molar-refractivity contribution in [3.63, 3.8) is 0 Å². The highest BCUT2D eigenvalue weighted by atomic mass is 14.1. The van der Waals surface area contributed by atoms with E-state index in [0.717, 1.165) is 5.92 Å². The lowest BCUT2D eigenvalue weighted by molar-refractivity contribution is 0.544. The van der Waals surface area contributed by atoms with Crippen molar-refractivity contribution in [2.24, 2.45) is 5.92 Å². The summed E-state index contributed by atoms with van der Waals surface area (Å²) in [6.45, 7) is 4.68. The molecule has 1 unspecified atom stereocenters. The molecule has 0 saturated heterocycles. The summed E-state index contributed by atoms with van der Waals surface area (Å²) >= 11 is 0. The second-order valence-electron chi connectivity index (χ2n) is 5.21. The number of unbranched alkanes of at least 4 members (excludes halogenated alkanes) is 3. The van der Waals surface area contributed by atoms with E-state index in [2.05, 4.69) is 19.9 Å². The maximum Gasteiger partial charge on any atom is -0.0259 e. The largest absolute Gasteiger partial charge is 0.0825 e. The average molecular weight is 208 g/mol. The minimum atomic E-state index is 0.829. The summed E-state index contributed by atoms with van der Waals surface area (Å²) in [4.78, 5) is 0. The third-order valence-corrected chi connectivity index (χ3v) is 3.53. The summed E-state index contributed by atoms with van der Waals surface area (Å²) in [6, 6.07) is 0. The van der Waals surface area contributed by atoms with Crippen molar-refractivity contribution in [3.8, 4) is 0 Å². The van der Waals surface area contributed by atoms with Crippen molar-refractivity contribution in [1.82, 2.24) is 0 Å². The van der Waals surface area contributed by atoms with Crippen LogP contribution in [0.1, 0.15) is 78.1 Å². The van der Waals surface area contributed by atoms with Crippen LogP contribution in [-0.4, -0.2) is 0 Å². The van der Waals surface area contributed by atoms with E-state index < -0.39 is 0 Å². The number of rotatable bonds is 6. The zero-order chi connectivity index (χ0) is 10.9. The number of hydrogen-bond donors (Lipinski definition) is 0. The fourth-order valence-corrected chi connectivity index (χ4v) is 2.55. The molecule has 0 nitrogen and oxygen atoms in total. The second-order valence-corrected chi connectivity index (χ2v) is 5.21. The van der Waals surface area contributed by atoms with Gasteiger partial charge in [-0.3, -0.25) is 0 Å². The van der Waals surface area contributed by atoms with Gasteiger partial charge in [0.2, 0.25) is 0 Å². The molecule has 0 bridgehead atoms. The summed E-state index contributed by atoms with van der Waals surface area (Å²) in [7, 11) is 0. The molecule has 0 spiro atoms. The van der Waals surface area contributed by atoms with Gasteiger partial charge in [0.25, 0.3) is 0 Å². The first-order valence-corrected chi connectivity index (χ1v) is 7.02. The highest BCUT2D eigenvalue weighted by Gasteiger charge is 2.06. The topological polar surface area (TPSA) is 0 Å². The molecule has 0 radical (unpaired) electrons. The van der Waals surface area contributed by atoms with Gasteiger partial charge in [-0.2, -0.15) is 0 Å². The molecule has 0 aromatic heterocycles. The molecule has 1 fully saturated rings. The Balaban J connectivity index is 2.12. The van der Waals surface area contributed by atoms with Crippen LogP contribution in [0.4, 0.5) is 0 Å². The molecule has 0 heterocycles. The van der Waals surface area contributed by atoms with Gasteiger partial charge < -0.3 is 0 Å². The van der Waals surface area contributed by atoms with E-state index in [1.54, 1.807) is 5.57 Å². The van der Waals surface area contributed by atoms with Crippen LogP contribution in [0.3, 0.4) is 0 Å². The van der Waals surface area contributed by atoms with Crippen LogP contribution in [0.15, 0.2) is 11.6 Å². The van der Waals surface area contributed by atoms with E-state index in [4.69, 9.17) is 0 Å². The van der Waals surface area contributed by atoms with Crippen molar-refractivity contribution >= 4 is 0 Å². The minimum absolute atomic E-state index is 0.829. The average Bonchev–Trinajstić information content (AvgIpc) is 2.26. The summed E-state index contributed by atoms with van der Waals surface area (Å²) < 4.78 is 0. The molecule has 1 aliphatic rings. The van der Waals surface area contributed by atoms with Crippen LogP contribution in [0.5, 0.6) is 0 Å². The molecule has 1 aliphatic carbocycles. The quantitative estimate of drug-likeness (QED) is 0.400. The first-order chi connectivity index (χ1) is 7.33. The van der Waals surface area contributed by atoms with Crippen molar-refractivity contribution in [2.45, 2.75) is 78.1 Å². The van der Waals surface area contributed by atoms with E-state index in [0.29, 0.717) is 0 Å². The molecule has 1 saturated carbocycles. The van der Waals surface area contributed by atoms with Gasteiger partial charge in [0, 0.05) is 0 Å². The Labute approximate surface area is 96.2 Å². The molecule has 0 aromatic rings. The van der Waals surface area contributed by atoms with Crippen molar-refractivity contribution in [3.05, 3.63) is 11.6 Å². The van der Waals surface area contributed by atoms with Crippen molar-refractivity contribution < 1.29 is 0 Å². The molecule has 15 heavy (non-hydrogen) atoms. The van der Waals surface area contributed by atoms with Gasteiger partial charge in [-0.15, -0.1) is 0 Å². The predicted molar refractivity (Wildman–Crippen MR) is 69.1 cm³/mol. The fraction of sp³-hybridized carbons (Fsp3) is 0.867. The lowest BCUT2D eigenvalue weighted by Crippen LogP contribution is -1.98. The van der Waals surface area contributed by atoms with Gasteiger partial charge >= 0.3 is 0 Å². The molecule has 0 amide bonds. The lowest BCUT2D eigenvalue weighted by atomic mass is 9.91. The zero-order valence-electron chi connectivity index (χ0n) is 10.7. The normalized spacial score (nSPS) is 18.9. The molecule has 0 aliphatic heterocycles. The Bertz CT molecular complexity index is 170. The Morgan fingerprint density at radius 1 is 1.07 bits per heavy atom. The minimum Gasteiger partial charge on any atom is -0.0825 e. The van der Waals surface area contributed by atoms with E-state index in [-0.39, 0.29) is 0 Å².